The molecule has 0 aliphatic carbocycles. The van der Waals surface area contributed by atoms with Gasteiger partial charge in [-0.25, -0.2) is 4.79 Å². The molecule has 0 spiro atoms. The second-order valence-corrected chi connectivity index (χ2v) is 4.32. The summed E-state index contributed by atoms with van der Waals surface area (Å²) in [6.07, 6.45) is 0. The van der Waals surface area contributed by atoms with Gasteiger partial charge >= 0.3 is 6.03 Å². The van der Waals surface area contributed by atoms with Crippen molar-refractivity contribution in [3.05, 3.63) is 29.8 Å². The molecular formula is C13H21N3O. The summed E-state index contributed by atoms with van der Waals surface area (Å²) in [6.45, 7) is 7.05. The first-order chi connectivity index (χ1) is 8.04. The highest BCUT2D eigenvalue weighted by Crippen LogP contribution is 2.13. The molecule has 0 atom stereocenters. The van der Waals surface area contributed by atoms with Crippen LogP contribution < -0.4 is 11.1 Å². The maximum absolute atomic E-state index is 11.9. The van der Waals surface area contributed by atoms with Gasteiger partial charge in [-0.2, -0.15) is 0 Å². The van der Waals surface area contributed by atoms with E-state index in [4.69, 9.17) is 5.73 Å². The second kappa shape index (κ2) is 6.13. The monoisotopic (exact) mass is 235 g/mol. The van der Waals surface area contributed by atoms with E-state index in [2.05, 4.69) is 5.32 Å². The van der Waals surface area contributed by atoms with Gasteiger partial charge in [0.1, 0.15) is 0 Å². The van der Waals surface area contributed by atoms with Crippen LogP contribution >= 0.6 is 0 Å². The first kappa shape index (κ1) is 13.4. The van der Waals surface area contributed by atoms with Crippen LogP contribution in [0.15, 0.2) is 24.3 Å². The Kier molecular flexibility index (Phi) is 4.82. The maximum atomic E-state index is 11.9. The number of urea groups is 1. The van der Waals surface area contributed by atoms with Gasteiger partial charge in [0, 0.05) is 24.8 Å². The van der Waals surface area contributed by atoms with Gasteiger partial charge in [-0.3, -0.25) is 0 Å². The van der Waals surface area contributed by atoms with Crippen LogP contribution in [0.1, 0.15) is 26.3 Å². The lowest BCUT2D eigenvalue weighted by atomic mass is 10.1. The van der Waals surface area contributed by atoms with E-state index in [1.54, 1.807) is 4.90 Å². The summed E-state index contributed by atoms with van der Waals surface area (Å²) in [5.41, 5.74) is 7.57. The number of carbonyl (C=O) groups is 1. The number of nitrogen functional groups attached to an aromatic ring is 1. The smallest absolute Gasteiger partial charge is 0.317 e. The minimum atomic E-state index is -0.0502. The highest BCUT2D eigenvalue weighted by atomic mass is 16.2. The predicted molar refractivity (Wildman–Crippen MR) is 70.6 cm³/mol. The highest BCUT2D eigenvalue weighted by Gasteiger charge is 2.13. The maximum Gasteiger partial charge on any atom is 0.317 e. The Morgan fingerprint density at radius 1 is 1.41 bits per heavy atom. The van der Waals surface area contributed by atoms with Gasteiger partial charge in [-0.15, -0.1) is 0 Å². The van der Waals surface area contributed by atoms with Gasteiger partial charge in [0.15, 0.2) is 0 Å². The van der Waals surface area contributed by atoms with E-state index in [1.807, 2.05) is 45.0 Å². The molecule has 0 bridgehead atoms. The molecule has 0 saturated carbocycles. The number of nitrogens with two attached hydrogens (primary N) is 1. The molecule has 0 unspecified atom stereocenters. The molecule has 0 saturated heterocycles. The fourth-order valence-electron chi connectivity index (χ4n) is 1.55. The van der Waals surface area contributed by atoms with Crippen molar-refractivity contribution in [1.29, 1.82) is 0 Å². The Labute approximate surface area is 103 Å². The van der Waals surface area contributed by atoms with E-state index in [-0.39, 0.29) is 12.1 Å². The van der Waals surface area contributed by atoms with Crippen LogP contribution in [0.4, 0.5) is 10.5 Å². The molecule has 3 N–H and O–H groups in total. The normalized spacial score (nSPS) is 10.4. The summed E-state index contributed by atoms with van der Waals surface area (Å²) in [6, 6.07) is 7.71. The van der Waals surface area contributed by atoms with Crippen molar-refractivity contribution in [2.75, 3.05) is 12.3 Å². The van der Waals surface area contributed by atoms with Crippen LogP contribution in [0.5, 0.6) is 0 Å². The average Bonchev–Trinajstić information content (AvgIpc) is 2.27. The van der Waals surface area contributed by atoms with Crippen LogP contribution in [0.25, 0.3) is 0 Å². The van der Waals surface area contributed by atoms with E-state index >= 15 is 0 Å². The zero-order valence-corrected chi connectivity index (χ0v) is 10.7. The molecule has 0 fully saturated rings. The first-order valence-corrected chi connectivity index (χ1v) is 5.93. The van der Waals surface area contributed by atoms with E-state index in [0.29, 0.717) is 13.1 Å². The van der Waals surface area contributed by atoms with Gasteiger partial charge in [-0.05, 0) is 32.4 Å². The number of nitrogens with one attached hydrogen (secondary N) is 1. The topological polar surface area (TPSA) is 58.4 Å². The molecule has 1 aromatic carbocycles. The van der Waals surface area contributed by atoms with Crippen molar-refractivity contribution in [1.82, 2.24) is 10.2 Å². The second-order valence-electron chi connectivity index (χ2n) is 4.32. The molecule has 94 valence electrons. The molecule has 0 aliphatic heterocycles. The summed E-state index contributed by atoms with van der Waals surface area (Å²) >= 11 is 0. The zero-order chi connectivity index (χ0) is 12.8. The fraction of sp³-hybridized carbons (Fsp3) is 0.462. The summed E-state index contributed by atoms with van der Waals surface area (Å²) < 4.78 is 0. The van der Waals surface area contributed by atoms with E-state index in [1.165, 1.54) is 0 Å². The summed E-state index contributed by atoms with van der Waals surface area (Å²) in [5, 5.41) is 2.88. The SMILES string of the molecule is CCN(Cc1ccccc1N)C(=O)NC(C)C. The first-order valence-electron chi connectivity index (χ1n) is 5.93. The number of para-hydroxylation sites is 1. The molecule has 1 aromatic rings. The van der Waals surface area contributed by atoms with Crippen molar-refractivity contribution < 1.29 is 4.79 Å². The third-order valence-corrected chi connectivity index (χ3v) is 2.50. The Hall–Kier alpha value is -1.71. The molecule has 0 aliphatic rings. The lowest BCUT2D eigenvalue weighted by Gasteiger charge is -2.23. The van der Waals surface area contributed by atoms with Crippen molar-refractivity contribution in [2.24, 2.45) is 0 Å². The van der Waals surface area contributed by atoms with Crippen LogP contribution in [0.2, 0.25) is 0 Å². The van der Waals surface area contributed by atoms with Gasteiger partial charge in [0.2, 0.25) is 0 Å². The van der Waals surface area contributed by atoms with Crippen LogP contribution in [0, 0.1) is 0 Å². The Balaban J connectivity index is 2.70. The summed E-state index contributed by atoms with van der Waals surface area (Å²) in [5.74, 6) is 0. The lowest BCUT2D eigenvalue weighted by Crippen LogP contribution is -2.42. The van der Waals surface area contributed by atoms with Gasteiger partial charge < -0.3 is 16.0 Å². The molecular weight excluding hydrogens is 214 g/mol. The number of benzene rings is 1. The van der Waals surface area contributed by atoms with Crippen LogP contribution in [0.3, 0.4) is 0 Å². The molecule has 1 rings (SSSR count). The van der Waals surface area contributed by atoms with E-state index in [0.717, 1.165) is 11.3 Å². The Morgan fingerprint density at radius 2 is 2.06 bits per heavy atom. The molecule has 17 heavy (non-hydrogen) atoms. The highest BCUT2D eigenvalue weighted by molar-refractivity contribution is 5.74. The summed E-state index contributed by atoms with van der Waals surface area (Å²) in [4.78, 5) is 13.6. The largest absolute Gasteiger partial charge is 0.398 e. The Bertz CT molecular complexity index is 377. The fourth-order valence-corrected chi connectivity index (χ4v) is 1.55. The van der Waals surface area contributed by atoms with Gasteiger partial charge in [-0.1, -0.05) is 18.2 Å². The lowest BCUT2D eigenvalue weighted by molar-refractivity contribution is 0.195. The summed E-state index contributed by atoms with van der Waals surface area (Å²) in [7, 11) is 0. The third kappa shape index (κ3) is 3.98. The number of nitrogens with zero attached hydrogens (tertiary/aromatic N) is 1. The number of amides is 2. The number of hydrogen-bond acceptors (Lipinski definition) is 2. The van der Waals surface area contributed by atoms with Crippen molar-refractivity contribution in [3.63, 3.8) is 0 Å². The van der Waals surface area contributed by atoms with Crippen LogP contribution in [-0.2, 0) is 6.54 Å². The molecule has 4 nitrogen and oxygen atoms in total. The molecule has 0 aromatic heterocycles. The van der Waals surface area contributed by atoms with E-state index < -0.39 is 0 Å². The zero-order valence-electron chi connectivity index (χ0n) is 10.7. The predicted octanol–water partition coefficient (Wildman–Crippen LogP) is 2.21. The molecule has 0 heterocycles. The average molecular weight is 235 g/mol. The number of hydrogen-bond donors (Lipinski definition) is 2. The van der Waals surface area contributed by atoms with Crippen molar-refractivity contribution in [3.8, 4) is 0 Å². The Morgan fingerprint density at radius 3 is 2.59 bits per heavy atom. The minimum absolute atomic E-state index is 0.0502. The molecule has 2 amide bonds. The minimum Gasteiger partial charge on any atom is -0.398 e. The third-order valence-electron chi connectivity index (χ3n) is 2.50. The van der Waals surface area contributed by atoms with Crippen molar-refractivity contribution >= 4 is 11.7 Å². The number of rotatable bonds is 4. The molecule has 0 radical (unpaired) electrons. The number of carbonyl (C=O) groups excluding carboxylic acids is 1. The van der Waals surface area contributed by atoms with Gasteiger partial charge in [0.25, 0.3) is 0 Å². The standard InChI is InChI=1S/C13H21N3O/c1-4-16(13(17)15-10(2)3)9-11-7-5-6-8-12(11)14/h5-8,10H,4,9,14H2,1-3H3,(H,15,17). The van der Waals surface area contributed by atoms with Gasteiger partial charge in [0.05, 0.1) is 0 Å². The molecule has 4 heteroatoms. The number of anilines is 1. The quantitative estimate of drug-likeness (QED) is 0.786. The van der Waals surface area contributed by atoms with E-state index in [9.17, 15) is 4.79 Å². The van der Waals surface area contributed by atoms with Crippen LogP contribution in [-0.4, -0.2) is 23.5 Å². The van der Waals surface area contributed by atoms with Crippen molar-refractivity contribution in [2.45, 2.75) is 33.4 Å².